The minimum atomic E-state index is -0.193. The highest BCUT2D eigenvalue weighted by atomic mass is 35.5. The number of nitrogens with two attached hydrogens (primary N) is 1. The predicted molar refractivity (Wildman–Crippen MR) is 106 cm³/mol. The molecule has 1 aromatic rings. The molecule has 5 nitrogen and oxygen atoms in total. The van der Waals surface area contributed by atoms with Crippen molar-refractivity contribution in [1.82, 2.24) is 10.2 Å². The van der Waals surface area contributed by atoms with E-state index in [0.29, 0.717) is 25.6 Å². The fraction of sp³-hybridized carbons (Fsp3) is 0.611. The maximum atomic E-state index is 12.0. The molecular formula is C18H31Cl2N3O2. The Bertz CT molecular complexity index is 473. The van der Waals surface area contributed by atoms with Gasteiger partial charge in [-0.05, 0) is 24.9 Å². The Balaban J connectivity index is 0.00000288. The summed E-state index contributed by atoms with van der Waals surface area (Å²) in [6.07, 6.45) is 3.74. The van der Waals surface area contributed by atoms with Gasteiger partial charge in [-0.1, -0.05) is 36.8 Å². The minimum absolute atomic E-state index is 0. The second kappa shape index (κ2) is 13.4. The van der Waals surface area contributed by atoms with Gasteiger partial charge in [-0.25, -0.2) is 0 Å². The number of carbonyl (C=O) groups excluding carboxylic acids is 1. The van der Waals surface area contributed by atoms with Gasteiger partial charge in [0.1, 0.15) is 0 Å². The number of carbonyl (C=O) groups is 1. The van der Waals surface area contributed by atoms with Crippen molar-refractivity contribution in [3.63, 3.8) is 0 Å². The van der Waals surface area contributed by atoms with Crippen LogP contribution in [0.15, 0.2) is 30.3 Å². The molecule has 0 radical (unpaired) electrons. The average molecular weight is 392 g/mol. The maximum Gasteiger partial charge on any atom is 0.222 e. The van der Waals surface area contributed by atoms with Crippen molar-refractivity contribution in [3.05, 3.63) is 35.9 Å². The van der Waals surface area contributed by atoms with E-state index in [1.807, 2.05) is 6.07 Å². The first-order chi connectivity index (χ1) is 11.2. The Morgan fingerprint density at radius 1 is 1.32 bits per heavy atom. The van der Waals surface area contributed by atoms with E-state index >= 15 is 0 Å². The van der Waals surface area contributed by atoms with Crippen LogP contribution in [0.2, 0.25) is 0 Å². The van der Waals surface area contributed by atoms with E-state index in [2.05, 4.69) is 34.5 Å². The summed E-state index contributed by atoms with van der Waals surface area (Å²) in [4.78, 5) is 14.5. The summed E-state index contributed by atoms with van der Waals surface area (Å²) < 4.78 is 5.17. The number of amides is 1. The smallest absolute Gasteiger partial charge is 0.222 e. The Morgan fingerprint density at radius 3 is 2.68 bits per heavy atom. The SMILES string of the molecule is COC(CN)CC(=O)NCC1CCCCN1Cc1ccccc1.Cl.Cl. The van der Waals surface area contributed by atoms with E-state index in [4.69, 9.17) is 10.5 Å². The van der Waals surface area contributed by atoms with E-state index in [1.165, 1.54) is 18.4 Å². The molecule has 1 aromatic carbocycles. The highest BCUT2D eigenvalue weighted by molar-refractivity contribution is 5.85. The molecule has 1 saturated heterocycles. The van der Waals surface area contributed by atoms with E-state index < -0.39 is 0 Å². The molecule has 0 aromatic heterocycles. The van der Waals surface area contributed by atoms with Crippen LogP contribution < -0.4 is 11.1 Å². The lowest BCUT2D eigenvalue weighted by Crippen LogP contribution is -2.46. The van der Waals surface area contributed by atoms with Crippen LogP contribution in [-0.4, -0.2) is 49.7 Å². The zero-order valence-corrected chi connectivity index (χ0v) is 16.5. The molecule has 144 valence electrons. The Morgan fingerprint density at radius 2 is 2.04 bits per heavy atom. The quantitative estimate of drug-likeness (QED) is 0.713. The van der Waals surface area contributed by atoms with Crippen LogP contribution in [-0.2, 0) is 16.1 Å². The monoisotopic (exact) mass is 391 g/mol. The van der Waals surface area contributed by atoms with Crippen LogP contribution in [0.25, 0.3) is 0 Å². The summed E-state index contributed by atoms with van der Waals surface area (Å²) in [5.74, 6) is 0.0209. The lowest BCUT2D eigenvalue weighted by molar-refractivity contribution is -0.123. The molecule has 0 aliphatic carbocycles. The van der Waals surface area contributed by atoms with Crippen LogP contribution in [0, 0.1) is 0 Å². The van der Waals surface area contributed by atoms with Crippen molar-refractivity contribution >= 4 is 30.7 Å². The number of nitrogens with zero attached hydrogens (tertiary/aromatic N) is 1. The van der Waals surface area contributed by atoms with E-state index in [1.54, 1.807) is 7.11 Å². The van der Waals surface area contributed by atoms with Crippen LogP contribution in [0.1, 0.15) is 31.2 Å². The summed E-state index contributed by atoms with van der Waals surface area (Å²) in [5, 5.41) is 3.05. The van der Waals surface area contributed by atoms with Gasteiger partial charge in [0.05, 0.1) is 12.5 Å². The lowest BCUT2D eigenvalue weighted by atomic mass is 10.0. The molecule has 3 N–H and O–H groups in total. The molecule has 1 amide bonds. The maximum absolute atomic E-state index is 12.0. The number of benzene rings is 1. The van der Waals surface area contributed by atoms with Crippen molar-refractivity contribution in [1.29, 1.82) is 0 Å². The Hall–Kier alpha value is -0.850. The fourth-order valence-corrected chi connectivity index (χ4v) is 3.09. The summed E-state index contributed by atoms with van der Waals surface area (Å²) >= 11 is 0. The number of methoxy groups -OCH3 is 1. The zero-order chi connectivity index (χ0) is 16.5. The zero-order valence-electron chi connectivity index (χ0n) is 14.9. The average Bonchev–Trinajstić information content (AvgIpc) is 2.60. The molecule has 7 heteroatoms. The highest BCUT2D eigenvalue weighted by Gasteiger charge is 2.23. The molecule has 1 aliphatic rings. The molecule has 2 rings (SSSR count). The predicted octanol–water partition coefficient (Wildman–Crippen LogP) is 2.36. The standard InChI is InChI=1S/C18H29N3O2.2ClH/c1-23-17(12-19)11-18(22)20-13-16-9-5-6-10-21(16)14-15-7-3-2-4-8-15;;/h2-4,7-8,16-17H,5-6,9-14,19H2,1H3,(H,20,22);2*1H. The van der Waals surface area contributed by atoms with Gasteiger partial charge in [-0.3, -0.25) is 9.69 Å². The molecule has 1 fully saturated rings. The topological polar surface area (TPSA) is 67.6 Å². The third-order valence-electron chi connectivity index (χ3n) is 4.52. The van der Waals surface area contributed by atoms with Crippen molar-refractivity contribution in [2.75, 3.05) is 26.7 Å². The van der Waals surface area contributed by atoms with E-state index in [9.17, 15) is 4.79 Å². The van der Waals surface area contributed by atoms with Gasteiger partial charge in [0.2, 0.25) is 5.91 Å². The van der Waals surface area contributed by atoms with Crippen LogP contribution in [0.4, 0.5) is 0 Å². The molecular weight excluding hydrogens is 361 g/mol. The second-order valence-electron chi connectivity index (χ2n) is 6.21. The first kappa shape index (κ1) is 24.1. The number of hydrogen-bond donors (Lipinski definition) is 2. The highest BCUT2D eigenvalue weighted by Crippen LogP contribution is 2.19. The van der Waals surface area contributed by atoms with Crippen molar-refractivity contribution < 1.29 is 9.53 Å². The number of hydrogen-bond acceptors (Lipinski definition) is 4. The molecule has 2 atom stereocenters. The third-order valence-corrected chi connectivity index (χ3v) is 4.52. The van der Waals surface area contributed by atoms with E-state index in [-0.39, 0.29) is 36.8 Å². The first-order valence-electron chi connectivity index (χ1n) is 8.50. The first-order valence-corrected chi connectivity index (χ1v) is 8.50. The van der Waals surface area contributed by atoms with Crippen molar-refractivity contribution in [2.24, 2.45) is 5.73 Å². The second-order valence-corrected chi connectivity index (χ2v) is 6.21. The number of ether oxygens (including phenoxy) is 1. The van der Waals surface area contributed by atoms with Gasteiger partial charge >= 0.3 is 0 Å². The third kappa shape index (κ3) is 8.38. The normalized spacial score (nSPS) is 18.6. The number of halogens is 2. The number of nitrogens with one attached hydrogen (secondary N) is 1. The molecule has 0 bridgehead atoms. The molecule has 1 aliphatic heterocycles. The summed E-state index contributed by atoms with van der Waals surface area (Å²) in [6, 6.07) is 10.9. The molecule has 1 heterocycles. The summed E-state index contributed by atoms with van der Waals surface area (Å²) in [6.45, 7) is 3.12. The molecule has 0 spiro atoms. The van der Waals surface area contributed by atoms with Crippen molar-refractivity contribution in [3.8, 4) is 0 Å². The van der Waals surface area contributed by atoms with Crippen molar-refractivity contribution in [2.45, 2.75) is 44.4 Å². The largest absolute Gasteiger partial charge is 0.380 e. The van der Waals surface area contributed by atoms with E-state index in [0.717, 1.165) is 19.5 Å². The Kier molecular flexibility index (Phi) is 12.9. The van der Waals surface area contributed by atoms with Gasteiger partial charge in [0.25, 0.3) is 0 Å². The van der Waals surface area contributed by atoms with Gasteiger partial charge in [0, 0.05) is 32.8 Å². The Labute approximate surface area is 163 Å². The van der Waals surface area contributed by atoms with Crippen LogP contribution >= 0.6 is 24.8 Å². The summed E-state index contributed by atoms with van der Waals surface area (Å²) in [5.41, 5.74) is 6.89. The molecule has 0 saturated carbocycles. The fourth-order valence-electron chi connectivity index (χ4n) is 3.09. The number of likely N-dealkylation sites (tertiary alicyclic amines) is 1. The van der Waals surface area contributed by atoms with Gasteiger partial charge in [-0.15, -0.1) is 24.8 Å². The summed E-state index contributed by atoms with van der Waals surface area (Å²) in [7, 11) is 1.59. The minimum Gasteiger partial charge on any atom is -0.380 e. The number of piperidine rings is 1. The van der Waals surface area contributed by atoms with Gasteiger partial charge in [-0.2, -0.15) is 0 Å². The lowest BCUT2D eigenvalue weighted by Gasteiger charge is -2.36. The van der Waals surface area contributed by atoms with Crippen LogP contribution in [0.3, 0.4) is 0 Å². The number of rotatable bonds is 8. The molecule has 2 unspecified atom stereocenters. The van der Waals surface area contributed by atoms with Gasteiger partial charge in [0.15, 0.2) is 0 Å². The van der Waals surface area contributed by atoms with Crippen LogP contribution in [0.5, 0.6) is 0 Å². The van der Waals surface area contributed by atoms with Gasteiger partial charge < -0.3 is 15.8 Å². The molecule has 25 heavy (non-hydrogen) atoms.